The van der Waals surface area contributed by atoms with Gasteiger partial charge in [0, 0.05) is 17.7 Å². The van der Waals surface area contributed by atoms with Crippen molar-refractivity contribution in [3.8, 4) is 5.75 Å². The lowest BCUT2D eigenvalue weighted by Gasteiger charge is -2.26. The van der Waals surface area contributed by atoms with Gasteiger partial charge in [0.2, 0.25) is 0 Å². The summed E-state index contributed by atoms with van der Waals surface area (Å²) in [6.07, 6.45) is 1.78. The molecule has 0 fully saturated rings. The van der Waals surface area contributed by atoms with Crippen LogP contribution in [-0.4, -0.2) is 36.2 Å². The highest BCUT2D eigenvalue weighted by molar-refractivity contribution is 7.07. The van der Waals surface area contributed by atoms with E-state index in [9.17, 15) is 14.4 Å². The SMILES string of the molecule is CCCCN1C(=O)/C(=c2\sc3n(c2=O)[C@H](c2ccc(OCC)cc2)C(C(=O)OCC)=C(c2ccccc2)N=3)c2ccccc21. The van der Waals surface area contributed by atoms with Crippen LogP contribution in [0.1, 0.15) is 56.3 Å². The molecular weight excluding hydrogens is 574 g/mol. The molecule has 0 N–H and O–H groups in total. The van der Waals surface area contributed by atoms with Crippen LogP contribution >= 0.6 is 11.3 Å². The number of carbonyl (C=O) groups is 2. The Balaban J connectivity index is 1.66. The van der Waals surface area contributed by atoms with E-state index < -0.39 is 12.0 Å². The van der Waals surface area contributed by atoms with Gasteiger partial charge in [0.05, 0.1) is 41.8 Å². The Labute approximate surface area is 259 Å². The Morgan fingerprint density at radius 2 is 1.64 bits per heavy atom. The van der Waals surface area contributed by atoms with Crippen LogP contribution in [0.3, 0.4) is 0 Å². The van der Waals surface area contributed by atoms with Crippen molar-refractivity contribution >= 4 is 40.2 Å². The molecule has 6 rings (SSSR count). The largest absolute Gasteiger partial charge is 0.494 e. The molecule has 2 aliphatic rings. The van der Waals surface area contributed by atoms with Crippen LogP contribution in [0.2, 0.25) is 0 Å². The number of anilines is 1. The average Bonchev–Trinajstić information content (AvgIpc) is 3.52. The molecule has 9 heteroatoms. The van der Waals surface area contributed by atoms with E-state index in [4.69, 9.17) is 14.5 Å². The molecule has 0 radical (unpaired) electrons. The maximum Gasteiger partial charge on any atom is 0.338 e. The monoisotopic (exact) mass is 607 g/mol. The van der Waals surface area contributed by atoms with Crippen molar-refractivity contribution < 1.29 is 19.1 Å². The van der Waals surface area contributed by atoms with Crippen molar-refractivity contribution in [3.05, 3.63) is 121 Å². The van der Waals surface area contributed by atoms with Crippen LogP contribution in [0.25, 0.3) is 11.3 Å². The van der Waals surface area contributed by atoms with Crippen molar-refractivity contribution in [3.63, 3.8) is 0 Å². The number of fused-ring (bicyclic) bond motifs is 2. The van der Waals surface area contributed by atoms with Crippen molar-refractivity contribution in [2.24, 2.45) is 4.99 Å². The number of para-hydroxylation sites is 1. The number of benzene rings is 3. The number of aromatic nitrogens is 1. The van der Waals surface area contributed by atoms with Gasteiger partial charge < -0.3 is 14.4 Å². The van der Waals surface area contributed by atoms with Gasteiger partial charge in [0.1, 0.15) is 10.3 Å². The summed E-state index contributed by atoms with van der Waals surface area (Å²) in [7, 11) is 0. The van der Waals surface area contributed by atoms with Crippen molar-refractivity contribution in [2.45, 2.75) is 39.7 Å². The van der Waals surface area contributed by atoms with Gasteiger partial charge in [-0.3, -0.25) is 14.2 Å². The molecule has 3 heterocycles. The number of hydrogen-bond acceptors (Lipinski definition) is 7. The number of rotatable bonds is 9. The lowest BCUT2D eigenvalue weighted by molar-refractivity contribution is -0.138. The van der Waals surface area contributed by atoms with E-state index in [1.54, 1.807) is 11.8 Å². The molecule has 0 aliphatic carbocycles. The van der Waals surface area contributed by atoms with Gasteiger partial charge in [0.25, 0.3) is 11.5 Å². The Kier molecular flexibility index (Phi) is 8.30. The van der Waals surface area contributed by atoms with Crippen molar-refractivity contribution in [1.82, 2.24) is 4.57 Å². The Morgan fingerprint density at radius 1 is 0.909 bits per heavy atom. The first-order valence-corrected chi connectivity index (χ1v) is 15.7. The number of ether oxygens (including phenoxy) is 2. The maximum absolute atomic E-state index is 14.5. The minimum atomic E-state index is -0.839. The maximum atomic E-state index is 14.5. The first-order chi connectivity index (χ1) is 21.5. The van der Waals surface area contributed by atoms with Crippen molar-refractivity contribution in [2.75, 3.05) is 24.7 Å². The van der Waals surface area contributed by atoms with Gasteiger partial charge in [0.15, 0.2) is 4.80 Å². The number of amides is 1. The molecule has 0 saturated carbocycles. The van der Waals surface area contributed by atoms with Crippen LogP contribution in [0.5, 0.6) is 5.75 Å². The minimum Gasteiger partial charge on any atom is -0.494 e. The third-order valence-electron chi connectivity index (χ3n) is 7.74. The Hall–Kier alpha value is -4.76. The van der Waals surface area contributed by atoms with E-state index in [-0.39, 0.29) is 23.6 Å². The standard InChI is InChI=1S/C35H33N3O5S/c1-4-7-21-37-26-16-12-11-15-25(26)27(32(37)39)31-33(40)38-30(23-17-19-24(20-18-23)42-5-2)28(34(41)43-6-3)29(36-35(38)44-31)22-13-9-8-10-14-22/h8-20,30H,4-7,21H2,1-3H3/b31-27-/t30-/m1/s1. The summed E-state index contributed by atoms with van der Waals surface area (Å²) < 4.78 is 13.1. The summed E-state index contributed by atoms with van der Waals surface area (Å²) in [4.78, 5) is 49.3. The second-order valence-corrected chi connectivity index (χ2v) is 11.4. The number of thiazole rings is 1. The Morgan fingerprint density at radius 3 is 2.34 bits per heavy atom. The quantitative estimate of drug-likeness (QED) is 0.254. The first-order valence-electron chi connectivity index (χ1n) is 14.9. The number of esters is 1. The molecule has 2 aliphatic heterocycles. The highest BCUT2D eigenvalue weighted by Gasteiger charge is 2.38. The molecule has 0 unspecified atom stereocenters. The molecule has 0 bridgehead atoms. The van der Waals surface area contributed by atoms with E-state index >= 15 is 0 Å². The van der Waals surface area contributed by atoms with Crippen LogP contribution in [-0.2, 0) is 14.3 Å². The predicted octanol–water partition coefficient (Wildman–Crippen LogP) is 4.85. The molecular formula is C35H33N3O5S. The summed E-state index contributed by atoms with van der Waals surface area (Å²) in [6.45, 7) is 6.97. The summed E-state index contributed by atoms with van der Waals surface area (Å²) in [5, 5.41) is 0. The van der Waals surface area contributed by atoms with Crippen LogP contribution in [0.4, 0.5) is 5.69 Å². The van der Waals surface area contributed by atoms with Gasteiger partial charge >= 0.3 is 5.97 Å². The van der Waals surface area contributed by atoms with E-state index in [1.807, 2.05) is 85.8 Å². The van der Waals surface area contributed by atoms with E-state index in [0.29, 0.717) is 45.1 Å². The molecule has 3 aromatic carbocycles. The van der Waals surface area contributed by atoms with E-state index in [2.05, 4.69) is 6.92 Å². The third-order valence-corrected chi connectivity index (χ3v) is 8.80. The molecule has 1 amide bonds. The lowest BCUT2D eigenvalue weighted by Crippen LogP contribution is -2.41. The molecule has 224 valence electrons. The number of nitrogens with zero attached hydrogens (tertiary/aromatic N) is 3. The normalized spacial score (nSPS) is 16.8. The Bertz CT molecular complexity index is 1940. The smallest absolute Gasteiger partial charge is 0.338 e. The summed E-state index contributed by atoms with van der Waals surface area (Å²) in [5.41, 5.74) is 3.63. The van der Waals surface area contributed by atoms with E-state index in [0.717, 1.165) is 29.7 Å². The average molecular weight is 608 g/mol. The third kappa shape index (κ3) is 5.07. The second kappa shape index (κ2) is 12.5. The predicted molar refractivity (Wildman–Crippen MR) is 171 cm³/mol. The van der Waals surface area contributed by atoms with Gasteiger partial charge in [-0.2, -0.15) is 0 Å². The molecule has 1 atom stereocenters. The molecule has 44 heavy (non-hydrogen) atoms. The molecule has 1 aromatic heterocycles. The number of carbonyl (C=O) groups excluding carboxylic acids is 2. The highest BCUT2D eigenvalue weighted by atomic mass is 32.1. The molecule has 4 aromatic rings. The summed E-state index contributed by atoms with van der Waals surface area (Å²) in [5.74, 6) is -0.0773. The number of hydrogen-bond donors (Lipinski definition) is 0. The lowest BCUT2D eigenvalue weighted by atomic mass is 9.93. The molecule has 0 saturated heterocycles. The zero-order valence-electron chi connectivity index (χ0n) is 24.9. The summed E-state index contributed by atoms with van der Waals surface area (Å²) in [6, 6.07) is 23.5. The van der Waals surface area contributed by atoms with Gasteiger partial charge in [-0.1, -0.05) is 85.3 Å². The van der Waals surface area contributed by atoms with Crippen molar-refractivity contribution in [1.29, 1.82) is 0 Å². The topological polar surface area (TPSA) is 90.2 Å². The molecule has 8 nitrogen and oxygen atoms in total. The van der Waals surface area contributed by atoms with Crippen LogP contribution in [0.15, 0.2) is 94.2 Å². The zero-order valence-corrected chi connectivity index (χ0v) is 25.7. The number of unbranched alkanes of at least 4 members (excludes halogenated alkanes) is 1. The van der Waals surface area contributed by atoms with Gasteiger partial charge in [-0.15, -0.1) is 0 Å². The van der Waals surface area contributed by atoms with Gasteiger partial charge in [-0.05, 0) is 44.0 Å². The van der Waals surface area contributed by atoms with Crippen LogP contribution in [0, 0.1) is 0 Å². The summed E-state index contributed by atoms with van der Waals surface area (Å²) >= 11 is 1.18. The highest BCUT2D eigenvalue weighted by Crippen LogP contribution is 2.37. The fraction of sp³-hybridized carbons (Fsp3) is 0.257. The second-order valence-electron chi connectivity index (χ2n) is 10.5. The van der Waals surface area contributed by atoms with Crippen LogP contribution < -0.4 is 24.5 Å². The minimum absolute atomic E-state index is 0.161. The molecule has 0 spiro atoms. The van der Waals surface area contributed by atoms with E-state index in [1.165, 1.54) is 15.9 Å². The zero-order chi connectivity index (χ0) is 30.8. The van der Waals surface area contributed by atoms with Gasteiger partial charge in [-0.25, -0.2) is 9.79 Å². The first kappa shape index (κ1) is 29.3. The fourth-order valence-corrected chi connectivity index (χ4v) is 6.85. The fourth-order valence-electron chi connectivity index (χ4n) is 5.76.